The van der Waals surface area contributed by atoms with E-state index in [0.717, 1.165) is 5.57 Å². The zero-order valence-corrected chi connectivity index (χ0v) is 14.8. The van der Waals surface area contributed by atoms with Gasteiger partial charge in [0.1, 0.15) is 0 Å². The molecule has 1 aromatic carbocycles. The van der Waals surface area contributed by atoms with Gasteiger partial charge in [0.2, 0.25) is 11.8 Å². The molecule has 0 radical (unpaired) electrons. The molecule has 132 valence electrons. The summed E-state index contributed by atoms with van der Waals surface area (Å²) in [7, 11) is 0. The minimum Gasteiger partial charge on any atom is -0.462 e. The predicted octanol–water partition coefficient (Wildman–Crippen LogP) is 3.35. The number of benzene rings is 1. The number of hydrogen-bond donors (Lipinski definition) is 0. The highest BCUT2D eigenvalue weighted by Gasteiger charge is 2.48. The summed E-state index contributed by atoms with van der Waals surface area (Å²) < 4.78 is 5.19. The van der Waals surface area contributed by atoms with E-state index in [0.29, 0.717) is 30.7 Å². The van der Waals surface area contributed by atoms with Gasteiger partial charge in [0.25, 0.3) is 0 Å². The molecule has 5 heteroatoms. The molecular formula is C20H23NO4. The summed E-state index contributed by atoms with van der Waals surface area (Å²) in [5, 5.41) is 0. The van der Waals surface area contributed by atoms with Crippen molar-refractivity contribution in [3.63, 3.8) is 0 Å². The van der Waals surface area contributed by atoms with Gasteiger partial charge in [0.05, 0.1) is 29.7 Å². The van der Waals surface area contributed by atoms with Gasteiger partial charge < -0.3 is 4.74 Å². The standard InChI is InChI=1S/C20H23NO4/c1-12(2)11-25-20(24)14-5-7-15(8-6-14)21-18(22)16-9-4-13(3)10-17(16)19(21)23/h4-8,12,16-17H,9-11H2,1-3H3. The summed E-state index contributed by atoms with van der Waals surface area (Å²) in [6, 6.07) is 6.48. The summed E-state index contributed by atoms with van der Waals surface area (Å²) in [5.74, 6) is -0.928. The van der Waals surface area contributed by atoms with Crippen molar-refractivity contribution in [1.82, 2.24) is 0 Å². The fourth-order valence-electron chi connectivity index (χ4n) is 3.36. The second-order valence-corrected chi connectivity index (χ2v) is 7.25. The third-order valence-corrected chi connectivity index (χ3v) is 4.73. The minimum atomic E-state index is -0.396. The van der Waals surface area contributed by atoms with Gasteiger partial charge in [0.15, 0.2) is 0 Å². The molecule has 1 heterocycles. The molecule has 0 aromatic heterocycles. The molecule has 0 N–H and O–H groups in total. The molecule has 3 rings (SSSR count). The van der Waals surface area contributed by atoms with E-state index in [9.17, 15) is 14.4 Å². The molecule has 2 unspecified atom stereocenters. The summed E-state index contributed by atoms with van der Waals surface area (Å²) in [5.41, 5.74) is 2.09. The van der Waals surface area contributed by atoms with Crippen LogP contribution in [0.25, 0.3) is 0 Å². The first-order valence-corrected chi connectivity index (χ1v) is 8.69. The molecule has 2 atom stereocenters. The van der Waals surface area contributed by atoms with Crippen molar-refractivity contribution in [3.8, 4) is 0 Å². The van der Waals surface area contributed by atoms with Crippen LogP contribution in [-0.4, -0.2) is 24.4 Å². The first kappa shape index (κ1) is 17.4. The Hall–Kier alpha value is -2.43. The van der Waals surface area contributed by atoms with Crippen molar-refractivity contribution in [3.05, 3.63) is 41.5 Å². The zero-order chi connectivity index (χ0) is 18.1. The summed E-state index contributed by atoms with van der Waals surface area (Å²) in [6.07, 6.45) is 3.31. The zero-order valence-electron chi connectivity index (χ0n) is 14.8. The van der Waals surface area contributed by atoms with E-state index in [1.807, 2.05) is 26.8 Å². The number of anilines is 1. The number of carbonyl (C=O) groups is 3. The summed E-state index contributed by atoms with van der Waals surface area (Å²) in [4.78, 5) is 38.6. The van der Waals surface area contributed by atoms with Crippen LogP contribution < -0.4 is 4.90 Å². The molecule has 25 heavy (non-hydrogen) atoms. The molecule has 0 bridgehead atoms. The molecule has 0 saturated carbocycles. The highest BCUT2D eigenvalue weighted by molar-refractivity contribution is 6.22. The van der Waals surface area contributed by atoms with Crippen LogP contribution in [0.15, 0.2) is 35.9 Å². The Bertz CT molecular complexity index is 733. The van der Waals surface area contributed by atoms with E-state index in [-0.39, 0.29) is 29.6 Å². The number of esters is 1. The lowest BCUT2D eigenvalue weighted by Crippen LogP contribution is -2.30. The maximum absolute atomic E-state index is 12.7. The minimum absolute atomic E-state index is 0.141. The number of rotatable bonds is 4. The van der Waals surface area contributed by atoms with Crippen LogP contribution in [0.4, 0.5) is 5.69 Å². The third-order valence-electron chi connectivity index (χ3n) is 4.73. The average molecular weight is 341 g/mol. The van der Waals surface area contributed by atoms with Crippen LogP contribution >= 0.6 is 0 Å². The Morgan fingerprint density at radius 1 is 1.16 bits per heavy atom. The van der Waals surface area contributed by atoms with E-state index >= 15 is 0 Å². The lowest BCUT2D eigenvalue weighted by Gasteiger charge is -2.18. The third kappa shape index (κ3) is 3.36. The molecule has 1 saturated heterocycles. The maximum Gasteiger partial charge on any atom is 0.338 e. The SMILES string of the molecule is CC1=CCC2C(=O)N(c3ccc(C(=O)OCC(C)C)cc3)C(=O)C2C1. The van der Waals surface area contributed by atoms with Crippen LogP contribution in [0.3, 0.4) is 0 Å². The van der Waals surface area contributed by atoms with Crippen molar-refractivity contribution < 1.29 is 19.1 Å². The Balaban J connectivity index is 1.76. The van der Waals surface area contributed by atoms with E-state index in [2.05, 4.69) is 0 Å². The lowest BCUT2D eigenvalue weighted by atomic mass is 9.82. The Morgan fingerprint density at radius 3 is 2.44 bits per heavy atom. The average Bonchev–Trinajstić information content (AvgIpc) is 2.83. The molecule has 1 aliphatic heterocycles. The van der Waals surface area contributed by atoms with Crippen LogP contribution in [0, 0.1) is 17.8 Å². The van der Waals surface area contributed by atoms with Gasteiger partial charge in [-0.1, -0.05) is 25.5 Å². The Kier molecular flexibility index (Phi) is 4.75. The van der Waals surface area contributed by atoms with Gasteiger partial charge in [-0.25, -0.2) is 4.79 Å². The van der Waals surface area contributed by atoms with Crippen LogP contribution in [0.2, 0.25) is 0 Å². The molecule has 1 aromatic rings. The first-order chi connectivity index (χ1) is 11.9. The molecule has 2 amide bonds. The summed E-state index contributed by atoms with van der Waals surface area (Å²) >= 11 is 0. The Morgan fingerprint density at radius 2 is 1.80 bits per heavy atom. The van der Waals surface area contributed by atoms with Crippen LogP contribution in [0.1, 0.15) is 44.0 Å². The van der Waals surface area contributed by atoms with E-state index in [1.54, 1.807) is 24.3 Å². The molecule has 0 spiro atoms. The van der Waals surface area contributed by atoms with Gasteiger partial charge >= 0.3 is 5.97 Å². The number of fused-ring (bicyclic) bond motifs is 1. The lowest BCUT2D eigenvalue weighted by molar-refractivity contribution is -0.122. The monoisotopic (exact) mass is 341 g/mol. The number of ether oxygens (including phenoxy) is 1. The topological polar surface area (TPSA) is 63.7 Å². The van der Waals surface area contributed by atoms with E-state index in [4.69, 9.17) is 4.74 Å². The van der Waals surface area contributed by atoms with E-state index < -0.39 is 5.97 Å². The van der Waals surface area contributed by atoms with Gasteiger partial charge in [-0.05, 0) is 49.9 Å². The van der Waals surface area contributed by atoms with Gasteiger partial charge in [0, 0.05) is 0 Å². The van der Waals surface area contributed by atoms with Gasteiger partial charge in [-0.15, -0.1) is 0 Å². The van der Waals surface area contributed by atoms with Crippen molar-refractivity contribution in [2.24, 2.45) is 17.8 Å². The van der Waals surface area contributed by atoms with Crippen molar-refractivity contribution >= 4 is 23.5 Å². The highest BCUT2D eigenvalue weighted by atomic mass is 16.5. The first-order valence-electron chi connectivity index (χ1n) is 8.69. The van der Waals surface area contributed by atoms with Crippen LogP contribution in [0.5, 0.6) is 0 Å². The van der Waals surface area contributed by atoms with Crippen molar-refractivity contribution in [2.45, 2.75) is 33.6 Å². The quantitative estimate of drug-likeness (QED) is 0.479. The number of hydrogen-bond acceptors (Lipinski definition) is 4. The number of amides is 2. The molecule has 1 fully saturated rings. The van der Waals surface area contributed by atoms with Crippen molar-refractivity contribution in [2.75, 3.05) is 11.5 Å². The normalized spacial score (nSPS) is 22.9. The van der Waals surface area contributed by atoms with Gasteiger partial charge in [-0.3, -0.25) is 14.5 Å². The van der Waals surface area contributed by atoms with E-state index in [1.165, 1.54) is 4.90 Å². The molecule has 2 aliphatic rings. The largest absolute Gasteiger partial charge is 0.462 e. The number of carbonyl (C=O) groups excluding carboxylic acids is 3. The fourth-order valence-corrected chi connectivity index (χ4v) is 3.36. The fraction of sp³-hybridized carbons (Fsp3) is 0.450. The Labute approximate surface area is 147 Å². The predicted molar refractivity (Wildman–Crippen MR) is 94.0 cm³/mol. The van der Waals surface area contributed by atoms with Crippen LogP contribution in [-0.2, 0) is 14.3 Å². The smallest absolute Gasteiger partial charge is 0.338 e. The maximum atomic E-state index is 12.7. The summed E-state index contributed by atoms with van der Waals surface area (Å²) in [6.45, 7) is 6.29. The molecular weight excluding hydrogens is 318 g/mol. The second kappa shape index (κ2) is 6.82. The second-order valence-electron chi connectivity index (χ2n) is 7.25. The number of nitrogens with zero attached hydrogens (tertiary/aromatic N) is 1. The number of allylic oxidation sites excluding steroid dienone is 2. The molecule has 1 aliphatic carbocycles. The number of imide groups is 1. The van der Waals surface area contributed by atoms with Crippen molar-refractivity contribution in [1.29, 1.82) is 0 Å². The molecule has 5 nitrogen and oxygen atoms in total. The van der Waals surface area contributed by atoms with Gasteiger partial charge in [-0.2, -0.15) is 0 Å². The highest BCUT2D eigenvalue weighted by Crippen LogP contribution is 2.39.